The highest BCUT2D eigenvalue weighted by atomic mass is 15.1. The molecule has 0 spiro atoms. The average Bonchev–Trinajstić information content (AvgIpc) is 4.04. The van der Waals surface area contributed by atoms with Crippen LogP contribution in [0, 0.1) is 0 Å². The molecule has 2 aliphatic carbocycles. The molecule has 0 aromatic heterocycles. The maximum absolute atomic E-state index is 2.53. The summed E-state index contributed by atoms with van der Waals surface area (Å²) < 4.78 is 0. The van der Waals surface area contributed by atoms with Crippen LogP contribution in [0.25, 0.3) is 33.4 Å². The van der Waals surface area contributed by atoms with E-state index in [1.807, 2.05) is 0 Å². The zero-order valence-electron chi connectivity index (χ0n) is 48.5. The number of benzene rings is 10. The Morgan fingerprint density at radius 1 is 0.241 bits per heavy atom. The lowest BCUT2D eigenvalue weighted by Gasteiger charge is -2.36. The van der Waals surface area contributed by atoms with E-state index in [1.54, 1.807) is 0 Å². The van der Waals surface area contributed by atoms with Crippen molar-refractivity contribution in [3.63, 3.8) is 0 Å². The van der Waals surface area contributed by atoms with Crippen molar-refractivity contribution in [3.8, 4) is 33.4 Å². The Kier molecular flexibility index (Phi) is 12.3. The topological polar surface area (TPSA) is 3.24 Å². The number of hydrogen-bond acceptors (Lipinski definition) is 1. The third kappa shape index (κ3) is 8.60. The van der Waals surface area contributed by atoms with E-state index in [1.165, 1.54) is 100 Å². The van der Waals surface area contributed by atoms with Crippen LogP contribution in [0.1, 0.15) is 150 Å². The first-order valence-corrected chi connectivity index (χ1v) is 28.6. The third-order valence-corrected chi connectivity index (χ3v) is 17.5. The Morgan fingerprint density at radius 2 is 0.519 bits per heavy atom. The number of hydrogen-bond donors (Lipinski definition) is 0. The normalized spacial score (nSPS) is 14.3. The van der Waals surface area contributed by atoms with Crippen molar-refractivity contribution in [2.24, 2.45) is 0 Å². The van der Waals surface area contributed by atoms with E-state index in [9.17, 15) is 0 Å². The van der Waals surface area contributed by atoms with Crippen molar-refractivity contribution in [1.29, 1.82) is 0 Å². The monoisotopic (exact) mass is 1030 g/mol. The average molecular weight is 1030 g/mol. The zero-order chi connectivity index (χ0) is 55.3. The molecule has 1 nitrogen and oxygen atoms in total. The van der Waals surface area contributed by atoms with Gasteiger partial charge in [-0.15, -0.1) is 0 Å². The molecular formula is C78H75N. The third-order valence-electron chi connectivity index (χ3n) is 17.5. The van der Waals surface area contributed by atoms with Gasteiger partial charge in [0.2, 0.25) is 0 Å². The van der Waals surface area contributed by atoms with Gasteiger partial charge in [-0.3, -0.25) is 0 Å². The fourth-order valence-corrected chi connectivity index (χ4v) is 13.2. The lowest BCUT2D eigenvalue weighted by molar-refractivity contribution is 0.588. The molecule has 0 saturated heterocycles. The minimum absolute atomic E-state index is 0.00977. The molecule has 392 valence electrons. The van der Waals surface area contributed by atoms with Crippen LogP contribution in [0.2, 0.25) is 0 Å². The summed E-state index contributed by atoms with van der Waals surface area (Å²) in [4.78, 5) is 2.52. The van der Waals surface area contributed by atoms with Gasteiger partial charge in [0, 0.05) is 17.1 Å². The summed E-state index contributed by atoms with van der Waals surface area (Å²) in [5, 5.41) is 0. The first kappa shape index (κ1) is 51.7. The van der Waals surface area contributed by atoms with Gasteiger partial charge < -0.3 is 4.90 Å². The van der Waals surface area contributed by atoms with Crippen LogP contribution in [-0.2, 0) is 32.5 Å². The maximum Gasteiger partial charge on any atom is 0.0714 e. The van der Waals surface area contributed by atoms with Crippen LogP contribution >= 0.6 is 0 Å². The van der Waals surface area contributed by atoms with Crippen molar-refractivity contribution in [1.82, 2.24) is 0 Å². The van der Waals surface area contributed by atoms with E-state index >= 15 is 0 Å². The Morgan fingerprint density at radius 3 is 0.848 bits per heavy atom. The molecular weight excluding hydrogens is 951 g/mol. The molecule has 10 aromatic carbocycles. The molecule has 0 unspecified atom stereocenters. The second-order valence-corrected chi connectivity index (χ2v) is 26.6. The van der Waals surface area contributed by atoms with Gasteiger partial charge in [-0.1, -0.05) is 283 Å². The zero-order valence-corrected chi connectivity index (χ0v) is 48.5. The fourth-order valence-electron chi connectivity index (χ4n) is 13.2. The van der Waals surface area contributed by atoms with Crippen LogP contribution in [0.4, 0.5) is 17.1 Å². The molecule has 2 aliphatic rings. The van der Waals surface area contributed by atoms with E-state index in [0.717, 1.165) is 17.1 Å². The molecule has 0 amide bonds. The molecule has 10 aromatic rings. The van der Waals surface area contributed by atoms with E-state index < -0.39 is 10.8 Å². The molecule has 12 rings (SSSR count). The molecule has 0 bridgehead atoms. The Hall–Kier alpha value is -8.00. The number of fused-ring (bicyclic) bond motifs is 6. The fraction of sp³-hybridized carbons (Fsp3) is 0.231. The Balaban J connectivity index is 1.13. The van der Waals surface area contributed by atoms with Gasteiger partial charge >= 0.3 is 0 Å². The second-order valence-electron chi connectivity index (χ2n) is 26.6. The van der Waals surface area contributed by atoms with Crippen LogP contribution < -0.4 is 4.90 Å². The van der Waals surface area contributed by atoms with Crippen LogP contribution in [0.15, 0.2) is 237 Å². The van der Waals surface area contributed by atoms with Gasteiger partial charge in [0.15, 0.2) is 0 Å². The molecule has 0 N–H and O–H groups in total. The predicted molar refractivity (Wildman–Crippen MR) is 336 cm³/mol. The van der Waals surface area contributed by atoms with E-state index in [4.69, 9.17) is 0 Å². The van der Waals surface area contributed by atoms with Gasteiger partial charge in [0.05, 0.1) is 10.8 Å². The molecule has 0 fully saturated rings. The summed E-state index contributed by atoms with van der Waals surface area (Å²) in [6.07, 6.45) is 0. The molecule has 1 heteroatoms. The highest BCUT2D eigenvalue weighted by Crippen LogP contribution is 2.60. The summed E-state index contributed by atoms with van der Waals surface area (Å²) in [6.45, 7) is 27.7. The number of nitrogens with zero attached hydrogens (tertiary/aromatic N) is 1. The summed E-state index contributed by atoms with van der Waals surface area (Å²) >= 11 is 0. The SMILES string of the molecule is CC(C)(C)c1ccc(C2(c3ccc(C(C)(C)C)cc3)c3ccccc3-c3ccc(N(c4ccc(-c5ccccc5)cc4)c4ccc5c(c4)C(c4ccc(C(C)(C)C)cc4)(c4ccc(C(C)(C)C)cc4)c4ccccc4-5)cc32)cc1. The summed E-state index contributed by atoms with van der Waals surface area (Å²) in [5.41, 5.74) is 25.1. The quantitative estimate of drug-likeness (QED) is 0.147. The van der Waals surface area contributed by atoms with E-state index in [0.29, 0.717) is 0 Å². The lowest BCUT2D eigenvalue weighted by atomic mass is 9.66. The largest absolute Gasteiger partial charge is 0.310 e. The van der Waals surface area contributed by atoms with Crippen molar-refractivity contribution in [2.45, 2.75) is 116 Å². The van der Waals surface area contributed by atoms with Gasteiger partial charge in [-0.25, -0.2) is 0 Å². The molecule has 0 saturated carbocycles. The maximum atomic E-state index is 2.53. The van der Waals surface area contributed by atoms with Gasteiger partial charge in [0.25, 0.3) is 0 Å². The summed E-state index contributed by atoms with van der Waals surface area (Å²) in [6, 6.07) is 91.1. The molecule has 0 aliphatic heterocycles. The minimum Gasteiger partial charge on any atom is -0.310 e. The standard InChI is InChI=1S/C78H75N/c1-73(2,3)54-28-36-58(37-29-54)77(59-38-30-55(31-39-59)74(4,5)6)69-24-18-16-22-65(69)67-48-46-63(50-71(67)77)79(62-44-26-53(27-45-62)52-20-14-13-15-21-52)64-47-49-68-66-23-17-19-25-70(66)78(72(68)51-64,60-40-32-56(33-41-60)75(7,8)9)61-42-34-57(35-43-61)76(10,11)12/h13-51H,1-12H3. The van der Waals surface area contributed by atoms with Crippen molar-refractivity contribution in [2.75, 3.05) is 4.90 Å². The molecule has 0 atom stereocenters. The summed E-state index contributed by atoms with van der Waals surface area (Å²) in [5.74, 6) is 0. The minimum atomic E-state index is -0.606. The van der Waals surface area contributed by atoms with Crippen molar-refractivity contribution >= 4 is 17.1 Å². The first-order valence-electron chi connectivity index (χ1n) is 28.6. The Bertz CT molecular complexity index is 3530. The van der Waals surface area contributed by atoms with Crippen molar-refractivity contribution < 1.29 is 0 Å². The molecule has 0 radical (unpaired) electrons. The molecule has 0 heterocycles. The smallest absolute Gasteiger partial charge is 0.0714 e. The summed E-state index contributed by atoms with van der Waals surface area (Å²) in [7, 11) is 0. The first-order chi connectivity index (χ1) is 37.7. The highest BCUT2D eigenvalue weighted by molar-refractivity contribution is 5.92. The van der Waals surface area contributed by atoms with Crippen molar-refractivity contribution in [3.05, 3.63) is 303 Å². The number of anilines is 3. The van der Waals surface area contributed by atoms with Crippen LogP contribution in [0.3, 0.4) is 0 Å². The van der Waals surface area contributed by atoms with E-state index in [2.05, 4.69) is 325 Å². The van der Waals surface area contributed by atoms with Gasteiger partial charge in [0.1, 0.15) is 0 Å². The van der Waals surface area contributed by atoms with E-state index in [-0.39, 0.29) is 21.7 Å². The predicted octanol–water partition coefficient (Wildman–Crippen LogP) is 20.7. The van der Waals surface area contributed by atoms with Gasteiger partial charge in [-0.05, 0) is 158 Å². The van der Waals surface area contributed by atoms with Crippen LogP contribution in [0.5, 0.6) is 0 Å². The molecule has 79 heavy (non-hydrogen) atoms. The Labute approximate surface area is 471 Å². The lowest BCUT2D eigenvalue weighted by Crippen LogP contribution is -2.29. The highest BCUT2D eigenvalue weighted by Gasteiger charge is 2.49. The van der Waals surface area contributed by atoms with Crippen LogP contribution in [-0.4, -0.2) is 0 Å². The van der Waals surface area contributed by atoms with Gasteiger partial charge in [-0.2, -0.15) is 0 Å². The number of rotatable bonds is 8. The second kappa shape index (κ2) is 18.8.